The first-order valence-electron chi connectivity index (χ1n) is 6.22. The number of halogens is 2. The van der Waals surface area contributed by atoms with Crippen LogP contribution < -0.4 is 5.32 Å². The van der Waals surface area contributed by atoms with Gasteiger partial charge in [-0.25, -0.2) is 9.37 Å². The lowest BCUT2D eigenvalue weighted by atomic mass is 10.1. The summed E-state index contributed by atoms with van der Waals surface area (Å²) >= 11 is 4.51. The van der Waals surface area contributed by atoms with Crippen molar-refractivity contribution < 1.29 is 9.18 Å². The summed E-state index contributed by atoms with van der Waals surface area (Å²) in [5.74, 6) is -0.692. The summed E-state index contributed by atoms with van der Waals surface area (Å²) in [6.45, 7) is 0. The number of amides is 1. The summed E-state index contributed by atoms with van der Waals surface area (Å²) < 4.78 is 15.2. The monoisotopic (exact) mass is 364 g/mol. The van der Waals surface area contributed by atoms with Crippen LogP contribution in [0.4, 0.5) is 9.52 Å². The van der Waals surface area contributed by atoms with Crippen molar-refractivity contribution in [1.82, 2.24) is 4.98 Å². The van der Waals surface area contributed by atoms with Crippen LogP contribution in [0.1, 0.15) is 5.56 Å². The Morgan fingerprint density at radius 1 is 1.24 bits per heavy atom. The van der Waals surface area contributed by atoms with Gasteiger partial charge in [-0.05, 0) is 39.7 Å². The van der Waals surface area contributed by atoms with E-state index in [4.69, 9.17) is 0 Å². The van der Waals surface area contributed by atoms with Crippen molar-refractivity contribution in [2.24, 2.45) is 0 Å². The standard InChI is InChI=1S/C15H10BrFN2OS/c16-10-5-3-4-9(14(10)17)8-13(20)19-15-18-11-6-1-2-7-12(11)21-15/h1-7H,8H2,(H,18,19,20). The molecular formula is C15H10BrFN2OS. The van der Waals surface area contributed by atoms with Gasteiger partial charge < -0.3 is 5.32 Å². The molecule has 0 fully saturated rings. The lowest BCUT2D eigenvalue weighted by molar-refractivity contribution is -0.115. The van der Waals surface area contributed by atoms with Crippen molar-refractivity contribution in [3.8, 4) is 0 Å². The summed E-state index contributed by atoms with van der Waals surface area (Å²) in [5.41, 5.74) is 1.19. The van der Waals surface area contributed by atoms with Crippen molar-refractivity contribution in [1.29, 1.82) is 0 Å². The van der Waals surface area contributed by atoms with Crippen LogP contribution in [0.2, 0.25) is 0 Å². The minimum Gasteiger partial charge on any atom is -0.302 e. The van der Waals surface area contributed by atoms with Gasteiger partial charge in [0.25, 0.3) is 0 Å². The maximum Gasteiger partial charge on any atom is 0.230 e. The van der Waals surface area contributed by atoms with Gasteiger partial charge in [0.05, 0.1) is 21.1 Å². The molecule has 1 amide bonds. The highest BCUT2D eigenvalue weighted by Gasteiger charge is 2.12. The number of hydrogen-bond acceptors (Lipinski definition) is 3. The summed E-state index contributed by atoms with van der Waals surface area (Å²) in [6.07, 6.45) is -0.0266. The molecular weight excluding hydrogens is 355 g/mol. The van der Waals surface area contributed by atoms with Crippen molar-refractivity contribution in [2.45, 2.75) is 6.42 Å². The second-order valence-corrected chi connectivity index (χ2v) is 6.31. The van der Waals surface area contributed by atoms with E-state index in [0.717, 1.165) is 10.2 Å². The van der Waals surface area contributed by atoms with Crippen LogP contribution in [0.15, 0.2) is 46.9 Å². The van der Waals surface area contributed by atoms with Gasteiger partial charge >= 0.3 is 0 Å². The lowest BCUT2D eigenvalue weighted by Crippen LogP contribution is -2.15. The third-order valence-electron chi connectivity index (χ3n) is 2.92. The zero-order valence-electron chi connectivity index (χ0n) is 10.8. The second kappa shape index (κ2) is 5.91. The molecule has 21 heavy (non-hydrogen) atoms. The molecule has 3 nitrogen and oxygen atoms in total. The van der Waals surface area contributed by atoms with E-state index in [-0.39, 0.29) is 12.3 Å². The van der Waals surface area contributed by atoms with Crippen molar-refractivity contribution in [3.63, 3.8) is 0 Å². The van der Waals surface area contributed by atoms with E-state index < -0.39 is 5.82 Å². The Bertz CT molecular complexity index is 785. The van der Waals surface area contributed by atoms with Crippen molar-refractivity contribution >= 4 is 48.5 Å². The number of fused-ring (bicyclic) bond motifs is 1. The van der Waals surface area contributed by atoms with Crippen LogP contribution in [0, 0.1) is 5.82 Å². The Kier molecular flexibility index (Phi) is 3.98. The van der Waals surface area contributed by atoms with Gasteiger partial charge in [0.15, 0.2) is 5.13 Å². The van der Waals surface area contributed by atoms with Gasteiger partial charge in [-0.2, -0.15) is 0 Å². The SMILES string of the molecule is O=C(Cc1cccc(Br)c1F)Nc1nc2ccccc2s1. The number of rotatable bonds is 3. The first-order chi connectivity index (χ1) is 10.1. The van der Waals surface area contributed by atoms with Gasteiger partial charge in [-0.3, -0.25) is 4.79 Å². The van der Waals surface area contributed by atoms with Crippen LogP contribution in [-0.2, 0) is 11.2 Å². The predicted molar refractivity (Wildman–Crippen MR) is 86.1 cm³/mol. The normalized spacial score (nSPS) is 10.8. The van der Waals surface area contributed by atoms with Crippen molar-refractivity contribution in [2.75, 3.05) is 5.32 Å². The third-order valence-corrected chi connectivity index (χ3v) is 4.49. The topological polar surface area (TPSA) is 42.0 Å². The van der Waals surface area contributed by atoms with E-state index >= 15 is 0 Å². The van der Waals surface area contributed by atoms with E-state index in [1.165, 1.54) is 11.3 Å². The molecule has 0 aliphatic carbocycles. The molecule has 0 spiro atoms. The van der Waals surface area contributed by atoms with Gasteiger partial charge in [-0.15, -0.1) is 0 Å². The molecule has 0 aliphatic rings. The Balaban J connectivity index is 1.75. The second-order valence-electron chi connectivity index (χ2n) is 4.42. The Labute approximate surface area is 133 Å². The number of carbonyl (C=O) groups excluding carboxylic acids is 1. The van der Waals surface area contributed by atoms with Gasteiger partial charge in [0, 0.05) is 0 Å². The number of anilines is 1. The van der Waals surface area contributed by atoms with Gasteiger partial charge in [-0.1, -0.05) is 35.6 Å². The van der Waals surface area contributed by atoms with E-state index in [1.807, 2.05) is 24.3 Å². The molecule has 0 aliphatic heterocycles. The summed E-state index contributed by atoms with van der Waals surface area (Å²) in [5, 5.41) is 3.24. The molecule has 0 radical (unpaired) electrons. The molecule has 0 saturated heterocycles. The van der Waals surface area contributed by atoms with Crippen LogP contribution in [0.5, 0.6) is 0 Å². The zero-order chi connectivity index (χ0) is 14.8. The average Bonchev–Trinajstić information content (AvgIpc) is 2.86. The Morgan fingerprint density at radius 3 is 2.86 bits per heavy atom. The van der Waals surface area contributed by atoms with Crippen molar-refractivity contribution in [3.05, 3.63) is 58.3 Å². The first-order valence-corrected chi connectivity index (χ1v) is 7.83. The molecule has 0 bridgehead atoms. The van der Waals surface area contributed by atoms with E-state index in [0.29, 0.717) is 15.2 Å². The predicted octanol–water partition coefficient (Wildman–Crippen LogP) is 4.38. The highest BCUT2D eigenvalue weighted by Crippen LogP contribution is 2.25. The van der Waals surface area contributed by atoms with E-state index in [9.17, 15) is 9.18 Å². The smallest absolute Gasteiger partial charge is 0.230 e. The van der Waals surface area contributed by atoms with E-state index in [2.05, 4.69) is 26.2 Å². The van der Waals surface area contributed by atoms with E-state index in [1.54, 1.807) is 18.2 Å². The van der Waals surface area contributed by atoms with Gasteiger partial charge in [0.1, 0.15) is 5.82 Å². The Hall–Kier alpha value is -1.79. The molecule has 0 atom stereocenters. The summed E-state index contributed by atoms with van der Waals surface area (Å²) in [4.78, 5) is 16.3. The maximum atomic E-state index is 13.8. The number of thiazole rings is 1. The largest absolute Gasteiger partial charge is 0.302 e. The minimum absolute atomic E-state index is 0.0266. The van der Waals surface area contributed by atoms with Crippen LogP contribution in [0.3, 0.4) is 0 Å². The lowest BCUT2D eigenvalue weighted by Gasteiger charge is -2.04. The number of hydrogen-bond donors (Lipinski definition) is 1. The van der Waals surface area contributed by atoms with Crippen LogP contribution in [0.25, 0.3) is 10.2 Å². The summed E-state index contributed by atoms with van der Waals surface area (Å²) in [7, 11) is 0. The fraction of sp³-hybridized carbons (Fsp3) is 0.0667. The number of nitrogens with zero attached hydrogens (tertiary/aromatic N) is 1. The number of para-hydroxylation sites is 1. The molecule has 3 aromatic rings. The number of aromatic nitrogens is 1. The number of carbonyl (C=O) groups is 1. The fourth-order valence-corrected chi connectivity index (χ4v) is 3.24. The molecule has 2 aromatic carbocycles. The highest BCUT2D eigenvalue weighted by molar-refractivity contribution is 9.10. The fourth-order valence-electron chi connectivity index (χ4n) is 1.95. The molecule has 106 valence electrons. The number of nitrogens with one attached hydrogen (secondary N) is 1. The molecule has 6 heteroatoms. The minimum atomic E-state index is -0.406. The molecule has 1 heterocycles. The van der Waals surface area contributed by atoms with Crippen LogP contribution >= 0.6 is 27.3 Å². The van der Waals surface area contributed by atoms with Gasteiger partial charge in [0.2, 0.25) is 5.91 Å². The molecule has 3 rings (SSSR count). The third kappa shape index (κ3) is 3.11. The quantitative estimate of drug-likeness (QED) is 0.749. The number of benzene rings is 2. The Morgan fingerprint density at radius 2 is 2.05 bits per heavy atom. The highest BCUT2D eigenvalue weighted by atomic mass is 79.9. The molecule has 1 N–H and O–H groups in total. The molecule has 0 saturated carbocycles. The average molecular weight is 365 g/mol. The van der Waals surface area contributed by atoms with Crippen LogP contribution in [-0.4, -0.2) is 10.9 Å². The first kappa shape index (κ1) is 14.2. The maximum absolute atomic E-state index is 13.8. The molecule has 0 unspecified atom stereocenters. The molecule has 1 aromatic heterocycles. The zero-order valence-corrected chi connectivity index (χ0v) is 13.2. The summed E-state index contributed by atoms with van der Waals surface area (Å²) in [6, 6.07) is 12.5.